The van der Waals surface area contributed by atoms with Gasteiger partial charge in [-0.05, 0) is 29.1 Å². The summed E-state index contributed by atoms with van der Waals surface area (Å²) in [5.41, 5.74) is 1.97. The van der Waals surface area contributed by atoms with Crippen LogP contribution in [0.25, 0.3) is 0 Å². The van der Waals surface area contributed by atoms with E-state index in [0.717, 1.165) is 11.3 Å². The van der Waals surface area contributed by atoms with E-state index in [0.29, 0.717) is 24.5 Å². The molecule has 2 aromatic rings. The van der Waals surface area contributed by atoms with Crippen molar-refractivity contribution in [1.82, 2.24) is 0 Å². The van der Waals surface area contributed by atoms with Gasteiger partial charge in [0, 0.05) is 17.2 Å². The molecule has 0 saturated carbocycles. The zero-order chi connectivity index (χ0) is 15.5. The summed E-state index contributed by atoms with van der Waals surface area (Å²) in [5.74, 6) is 1.45. The van der Waals surface area contributed by atoms with Gasteiger partial charge in [-0.1, -0.05) is 18.7 Å². The summed E-state index contributed by atoms with van der Waals surface area (Å²) in [4.78, 5) is 13.1. The molecule has 1 aliphatic heterocycles. The van der Waals surface area contributed by atoms with Crippen LogP contribution in [0.4, 0.5) is 5.69 Å². The Morgan fingerprint density at radius 1 is 1.41 bits per heavy atom. The van der Waals surface area contributed by atoms with Crippen molar-refractivity contribution in [3.63, 3.8) is 0 Å². The van der Waals surface area contributed by atoms with Crippen molar-refractivity contribution >= 4 is 22.9 Å². The number of carbonyl (C=O) groups is 1. The Morgan fingerprint density at radius 3 is 3.05 bits per heavy atom. The summed E-state index contributed by atoms with van der Waals surface area (Å²) < 4.78 is 11.0. The summed E-state index contributed by atoms with van der Waals surface area (Å²) in [7, 11) is 1.62. The SMILES string of the molecule is C=CCOc1ccc([C@@H]2CC(=O)Nc3ccsc32)cc1OC. The molecule has 2 heterocycles. The van der Waals surface area contributed by atoms with Gasteiger partial charge in [0.2, 0.25) is 5.91 Å². The van der Waals surface area contributed by atoms with E-state index in [1.807, 2.05) is 29.6 Å². The van der Waals surface area contributed by atoms with Crippen LogP contribution in [0.2, 0.25) is 0 Å². The highest BCUT2D eigenvalue weighted by molar-refractivity contribution is 7.10. The van der Waals surface area contributed by atoms with Crippen LogP contribution >= 0.6 is 11.3 Å². The molecule has 0 spiro atoms. The molecule has 1 atom stereocenters. The maximum atomic E-state index is 11.9. The maximum absolute atomic E-state index is 11.9. The molecule has 4 nitrogen and oxygen atoms in total. The van der Waals surface area contributed by atoms with Crippen LogP contribution in [0.3, 0.4) is 0 Å². The molecule has 1 N–H and O–H groups in total. The van der Waals surface area contributed by atoms with Crippen molar-refractivity contribution in [3.05, 3.63) is 52.7 Å². The van der Waals surface area contributed by atoms with E-state index < -0.39 is 0 Å². The number of ether oxygens (including phenoxy) is 2. The second-order valence-electron chi connectivity index (χ2n) is 5.01. The van der Waals surface area contributed by atoms with E-state index in [4.69, 9.17) is 9.47 Å². The lowest BCUT2D eigenvalue weighted by atomic mass is 9.90. The number of rotatable bonds is 5. The topological polar surface area (TPSA) is 47.6 Å². The van der Waals surface area contributed by atoms with E-state index in [-0.39, 0.29) is 11.8 Å². The number of hydrogen-bond donors (Lipinski definition) is 1. The second kappa shape index (κ2) is 6.23. The van der Waals surface area contributed by atoms with Crippen LogP contribution < -0.4 is 14.8 Å². The van der Waals surface area contributed by atoms with Crippen LogP contribution in [0.15, 0.2) is 42.3 Å². The lowest BCUT2D eigenvalue weighted by Crippen LogP contribution is -2.21. The largest absolute Gasteiger partial charge is 0.493 e. The minimum absolute atomic E-state index is 0.0434. The fraction of sp³-hybridized carbons (Fsp3) is 0.235. The van der Waals surface area contributed by atoms with Crippen LogP contribution in [0.5, 0.6) is 11.5 Å². The normalized spacial score (nSPS) is 16.6. The van der Waals surface area contributed by atoms with Crippen molar-refractivity contribution in [2.75, 3.05) is 19.0 Å². The lowest BCUT2D eigenvalue weighted by Gasteiger charge is -2.23. The molecule has 0 saturated heterocycles. The predicted molar refractivity (Wildman–Crippen MR) is 88.1 cm³/mol. The third-order valence-corrected chi connectivity index (χ3v) is 4.65. The second-order valence-corrected chi connectivity index (χ2v) is 5.96. The van der Waals surface area contributed by atoms with Gasteiger partial charge in [0.1, 0.15) is 6.61 Å². The number of hydrogen-bond acceptors (Lipinski definition) is 4. The fourth-order valence-corrected chi connectivity index (χ4v) is 3.59. The number of nitrogens with one attached hydrogen (secondary N) is 1. The fourth-order valence-electron chi connectivity index (χ4n) is 2.61. The summed E-state index contributed by atoms with van der Waals surface area (Å²) in [6, 6.07) is 7.78. The van der Waals surface area contributed by atoms with E-state index in [1.54, 1.807) is 24.5 Å². The van der Waals surface area contributed by atoms with Gasteiger partial charge < -0.3 is 14.8 Å². The number of thiophene rings is 1. The standard InChI is InChI=1S/C17H17NO3S/c1-3-7-21-14-5-4-11(9-15(14)20-2)12-10-16(19)18-13-6-8-22-17(12)13/h3-6,8-9,12H,1,7,10H2,2H3,(H,18,19)/t12-/m0/s1. The molecule has 0 fully saturated rings. The highest BCUT2D eigenvalue weighted by Gasteiger charge is 2.28. The highest BCUT2D eigenvalue weighted by Crippen LogP contribution is 2.42. The van der Waals surface area contributed by atoms with Crippen LogP contribution in [0.1, 0.15) is 22.8 Å². The Bertz CT molecular complexity index is 708. The summed E-state index contributed by atoms with van der Waals surface area (Å²) in [6.45, 7) is 4.07. The van der Waals surface area contributed by atoms with Gasteiger partial charge in [0.25, 0.3) is 0 Å². The number of methoxy groups -OCH3 is 1. The number of anilines is 1. The van der Waals surface area contributed by atoms with E-state index >= 15 is 0 Å². The maximum Gasteiger partial charge on any atom is 0.225 e. The Labute approximate surface area is 133 Å². The van der Waals surface area contributed by atoms with Gasteiger partial charge in [0.05, 0.1) is 12.8 Å². The van der Waals surface area contributed by atoms with Gasteiger partial charge in [-0.2, -0.15) is 0 Å². The summed E-state index contributed by atoms with van der Waals surface area (Å²) >= 11 is 1.66. The average Bonchev–Trinajstić information content (AvgIpc) is 3.00. The quantitative estimate of drug-likeness (QED) is 0.854. The summed E-state index contributed by atoms with van der Waals surface area (Å²) in [6.07, 6.45) is 2.14. The van der Waals surface area contributed by atoms with E-state index in [1.165, 1.54) is 4.88 Å². The first kappa shape index (κ1) is 14.7. The minimum atomic E-state index is 0.0434. The third-order valence-electron chi connectivity index (χ3n) is 3.62. The minimum Gasteiger partial charge on any atom is -0.493 e. The zero-order valence-corrected chi connectivity index (χ0v) is 13.1. The van der Waals surface area contributed by atoms with Gasteiger partial charge in [-0.3, -0.25) is 4.79 Å². The first-order chi connectivity index (χ1) is 10.7. The van der Waals surface area contributed by atoms with E-state index in [2.05, 4.69) is 11.9 Å². The van der Waals surface area contributed by atoms with Gasteiger partial charge in [-0.25, -0.2) is 0 Å². The van der Waals surface area contributed by atoms with Crippen molar-refractivity contribution in [2.24, 2.45) is 0 Å². The molecule has 1 aromatic carbocycles. The van der Waals surface area contributed by atoms with Crippen LogP contribution in [0, 0.1) is 0 Å². The van der Waals surface area contributed by atoms with Gasteiger partial charge in [0.15, 0.2) is 11.5 Å². The summed E-state index contributed by atoms with van der Waals surface area (Å²) in [5, 5.41) is 4.91. The lowest BCUT2D eigenvalue weighted by molar-refractivity contribution is -0.116. The predicted octanol–water partition coefficient (Wildman–Crippen LogP) is 3.80. The molecule has 22 heavy (non-hydrogen) atoms. The Balaban J connectivity index is 1.96. The van der Waals surface area contributed by atoms with Crippen molar-refractivity contribution < 1.29 is 14.3 Å². The molecule has 0 radical (unpaired) electrons. The molecule has 114 valence electrons. The molecule has 1 amide bonds. The smallest absolute Gasteiger partial charge is 0.225 e. The molecular weight excluding hydrogens is 298 g/mol. The van der Waals surface area contributed by atoms with Crippen molar-refractivity contribution in [1.29, 1.82) is 0 Å². The Kier molecular flexibility index (Phi) is 4.15. The molecular formula is C17H17NO3S. The molecule has 0 bridgehead atoms. The molecule has 3 rings (SSSR count). The van der Waals surface area contributed by atoms with Crippen molar-refractivity contribution in [3.8, 4) is 11.5 Å². The Morgan fingerprint density at radius 2 is 2.27 bits per heavy atom. The molecule has 1 aromatic heterocycles. The van der Waals surface area contributed by atoms with E-state index in [9.17, 15) is 4.79 Å². The average molecular weight is 315 g/mol. The third kappa shape index (κ3) is 2.72. The number of carbonyl (C=O) groups excluding carboxylic acids is 1. The number of amides is 1. The molecule has 5 heteroatoms. The zero-order valence-electron chi connectivity index (χ0n) is 12.3. The number of fused-ring (bicyclic) bond motifs is 1. The Hall–Kier alpha value is -2.27. The first-order valence-electron chi connectivity index (χ1n) is 7.01. The van der Waals surface area contributed by atoms with Gasteiger partial charge in [-0.15, -0.1) is 11.3 Å². The van der Waals surface area contributed by atoms with Crippen molar-refractivity contribution in [2.45, 2.75) is 12.3 Å². The molecule has 0 unspecified atom stereocenters. The number of benzene rings is 1. The monoisotopic (exact) mass is 315 g/mol. The molecule has 0 aliphatic carbocycles. The first-order valence-corrected chi connectivity index (χ1v) is 7.89. The van der Waals surface area contributed by atoms with Gasteiger partial charge >= 0.3 is 0 Å². The van der Waals surface area contributed by atoms with Crippen LogP contribution in [-0.4, -0.2) is 19.6 Å². The highest BCUT2D eigenvalue weighted by atomic mass is 32.1. The molecule has 1 aliphatic rings. The van der Waals surface area contributed by atoms with Crippen LogP contribution in [-0.2, 0) is 4.79 Å².